The van der Waals surface area contributed by atoms with Gasteiger partial charge >= 0.3 is 5.97 Å². The molecule has 1 aromatic carbocycles. The fourth-order valence-corrected chi connectivity index (χ4v) is 2.00. The number of nitrogens with zero attached hydrogens (tertiary/aromatic N) is 1. The molecule has 5 heteroatoms. The fourth-order valence-electron chi connectivity index (χ4n) is 2.00. The molecule has 0 bridgehead atoms. The Morgan fingerprint density at radius 2 is 1.95 bits per heavy atom. The Hall–Kier alpha value is -2.56. The molecule has 1 atom stereocenters. The van der Waals surface area contributed by atoms with E-state index in [9.17, 15) is 9.59 Å². The largest absolute Gasteiger partial charge is 0.481 e. The van der Waals surface area contributed by atoms with Crippen LogP contribution in [0.4, 0.5) is 0 Å². The van der Waals surface area contributed by atoms with Gasteiger partial charge in [-0.3, -0.25) is 9.59 Å². The van der Waals surface area contributed by atoms with Crippen LogP contribution in [0.15, 0.2) is 53.3 Å². The molecule has 0 unspecified atom stereocenters. The zero-order valence-electron chi connectivity index (χ0n) is 11.7. The summed E-state index contributed by atoms with van der Waals surface area (Å²) in [6, 6.07) is 11.0. The zero-order valence-corrected chi connectivity index (χ0v) is 11.7. The van der Waals surface area contributed by atoms with Crippen LogP contribution in [0.25, 0.3) is 0 Å². The third-order valence-corrected chi connectivity index (χ3v) is 3.19. The van der Waals surface area contributed by atoms with Crippen LogP contribution in [0.2, 0.25) is 0 Å². The molecular weight excluding hydrogens is 270 g/mol. The lowest BCUT2D eigenvalue weighted by Crippen LogP contribution is -2.36. The fraction of sp³-hybridized carbons (Fsp3) is 0.250. The SMILES string of the molecule is C[C@H](CN(Cc1ccccc1)C(=O)c1ccoc1)C(=O)O. The van der Waals surface area contributed by atoms with E-state index in [4.69, 9.17) is 9.52 Å². The molecule has 2 rings (SSSR count). The zero-order chi connectivity index (χ0) is 15.2. The molecule has 0 fully saturated rings. The van der Waals surface area contributed by atoms with Gasteiger partial charge in [0.2, 0.25) is 0 Å². The molecule has 21 heavy (non-hydrogen) atoms. The lowest BCUT2D eigenvalue weighted by atomic mass is 10.1. The second-order valence-corrected chi connectivity index (χ2v) is 4.92. The van der Waals surface area contributed by atoms with Gasteiger partial charge in [0.15, 0.2) is 0 Å². The van der Waals surface area contributed by atoms with Gasteiger partial charge in [0.05, 0.1) is 17.7 Å². The van der Waals surface area contributed by atoms with E-state index in [1.54, 1.807) is 13.0 Å². The topological polar surface area (TPSA) is 70.8 Å². The first-order chi connectivity index (χ1) is 10.1. The number of hydrogen-bond donors (Lipinski definition) is 1. The number of benzene rings is 1. The number of carbonyl (C=O) groups is 2. The number of carboxylic acids is 1. The number of carboxylic acid groups (broad SMARTS) is 1. The Morgan fingerprint density at radius 3 is 2.52 bits per heavy atom. The van der Waals surface area contributed by atoms with Crippen molar-refractivity contribution < 1.29 is 19.1 Å². The summed E-state index contributed by atoms with van der Waals surface area (Å²) in [6.45, 7) is 2.10. The van der Waals surface area contributed by atoms with E-state index in [1.165, 1.54) is 17.4 Å². The summed E-state index contributed by atoms with van der Waals surface area (Å²) in [4.78, 5) is 25.0. The molecule has 0 aliphatic heterocycles. The third kappa shape index (κ3) is 3.95. The Bertz CT molecular complexity index is 592. The highest BCUT2D eigenvalue weighted by Crippen LogP contribution is 2.13. The molecule has 1 heterocycles. The molecule has 0 radical (unpaired) electrons. The van der Waals surface area contributed by atoms with E-state index < -0.39 is 11.9 Å². The molecule has 1 N–H and O–H groups in total. The van der Waals surface area contributed by atoms with Crippen molar-refractivity contribution in [2.45, 2.75) is 13.5 Å². The van der Waals surface area contributed by atoms with Gasteiger partial charge in [-0.15, -0.1) is 0 Å². The van der Waals surface area contributed by atoms with Crippen molar-refractivity contribution in [3.05, 3.63) is 60.1 Å². The van der Waals surface area contributed by atoms with Crippen molar-refractivity contribution in [2.75, 3.05) is 6.54 Å². The molecular formula is C16H17NO4. The summed E-state index contributed by atoms with van der Waals surface area (Å²) in [5, 5.41) is 9.05. The number of carbonyl (C=O) groups excluding carboxylic acids is 1. The van der Waals surface area contributed by atoms with Crippen LogP contribution < -0.4 is 0 Å². The average molecular weight is 287 g/mol. The van der Waals surface area contributed by atoms with Crippen LogP contribution in [-0.2, 0) is 11.3 Å². The number of hydrogen-bond acceptors (Lipinski definition) is 3. The summed E-state index contributed by atoms with van der Waals surface area (Å²) in [6.07, 6.45) is 2.79. The second-order valence-electron chi connectivity index (χ2n) is 4.92. The maximum absolute atomic E-state index is 12.4. The molecule has 110 valence electrons. The Morgan fingerprint density at radius 1 is 1.24 bits per heavy atom. The van der Waals surface area contributed by atoms with E-state index in [0.29, 0.717) is 12.1 Å². The highest BCUT2D eigenvalue weighted by molar-refractivity contribution is 5.94. The summed E-state index contributed by atoms with van der Waals surface area (Å²) in [7, 11) is 0. The van der Waals surface area contributed by atoms with Gasteiger partial charge in [-0.2, -0.15) is 0 Å². The van der Waals surface area contributed by atoms with Gasteiger partial charge < -0.3 is 14.4 Å². The Balaban J connectivity index is 2.17. The van der Waals surface area contributed by atoms with Crippen LogP contribution in [0.5, 0.6) is 0 Å². The minimum Gasteiger partial charge on any atom is -0.481 e. The summed E-state index contributed by atoms with van der Waals surface area (Å²) in [5.74, 6) is -1.79. The first-order valence-electron chi connectivity index (χ1n) is 6.66. The Labute approximate surface area is 122 Å². The standard InChI is InChI=1S/C16H17NO4/c1-12(16(19)20)9-17(10-13-5-3-2-4-6-13)15(18)14-7-8-21-11-14/h2-8,11-12H,9-10H2,1H3,(H,19,20)/t12-/m1/s1. The average Bonchev–Trinajstić information content (AvgIpc) is 3.01. The second kappa shape index (κ2) is 6.74. The monoisotopic (exact) mass is 287 g/mol. The molecule has 0 saturated carbocycles. The number of furan rings is 1. The normalized spacial score (nSPS) is 11.9. The highest BCUT2D eigenvalue weighted by Gasteiger charge is 2.22. The van der Waals surface area contributed by atoms with Gasteiger partial charge in [0.25, 0.3) is 5.91 Å². The van der Waals surface area contributed by atoms with Gasteiger partial charge in [-0.25, -0.2) is 0 Å². The van der Waals surface area contributed by atoms with Crippen LogP contribution in [0, 0.1) is 5.92 Å². The van der Waals surface area contributed by atoms with E-state index in [2.05, 4.69) is 0 Å². The minimum atomic E-state index is -0.923. The van der Waals surface area contributed by atoms with Gasteiger partial charge in [-0.1, -0.05) is 37.3 Å². The maximum atomic E-state index is 12.4. The smallest absolute Gasteiger partial charge is 0.308 e. The van der Waals surface area contributed by atoms with E-state index >= 15 is 0 Å². The molecule has 0 aliphatic carbocycles. The number of aliphatic carboxylic acids is 1. The lowest BCUT2D eigenvalue weighted by molar-refractivity contribution is -0.141. The third-order valence-electron chi connectivity index (χ3n) is 3.19. The molecule has 0 aliphatic rings. The van der Waals surface area contributed by atoms with Gasteiger partial charge in [-0.05, 0) is 11.6 Å². The van der Waals surface area contributed by atoms with Gasteiger partial charge in [0.1, 0.15) is 6.26 Å². The predicted octanol–water partition coefficient (Wildman–Crippen LogP) is 2.64. The van der Waals surface area contributed by atoms with Crippen molar-refractivity contribution >= 4 is 11.9 Å². The number of amides is 1. The van der Waals surface area contributed by atoms with Crippen LogP contribution >= 0.6 is 0 Å². The van der Waals surface area contributed by atoms with Crippen LogP contribution in [0.3, 0.4) is 0 Å². The molecule has 2 aromatic rings. The minimum absolute atomic E-state index is 0.147. The van der Waals surface area contributed by atoms with E-state index in [-0.39, 0.29) is 12.5 Å². The maximum Gasteiger partial charge on any atom is 0.308 e. The highest BCUT2D eigenvalue weighted by atomic mass is 16.4. The molecule has 1 amide bonds. The van der Waals surface area contributed by atoms with Crippen molar-refractivity contribution in [1.29, 1.82) is 0 Å². The van der Waals surface area contributed by atoms with Gasteiger partial charge in [0, 0.05) is 13.1 Å². The molecule has 0 saturated heterocycles. The van der Waals surface area contributed by atoms with E-state index in [0.717, 1.165) is 5.56 Å². The van der Waals surface area contributed by atoms with Crippen molar-refractivity contribution in [2.24, 2.45) is 5.92 Å². The number of rotatable bonds is 6. The first-order valence-corrected chi connectivity index (χ1v) is 6.66. The summed E-state index contributed by atoms with van der Waals surface area (Å²) in [5.41, 5.74) is 1.37. The predicted molar refractivity (Wildman–Crippen MR) is 76.7 cm³/mol. The van der Waals surface area contributed by atoms with Crippen LogP contribution in [-0.4, -0.2) is 28.4 Å². The van der Waals surface area contributed by atoms with Crippen molar-refractivity contribution in [1.82, 2.24) is 4.90 Å². The lowest BCUT2D eigenvalue weighted by Gasteiger charge is -2.24. The quantitative estimate of drug-likeness (QED) is 0.886. The Kier molecular flexibility index (Phi) is 4.77. The van der Waals surface area contributed by atoms with Crippen molar-refractivity contribution in [3.8, 4) is 0 Å². The molecule has 5 nitrogen and oxygen atoms in total. The molecule has 0 spiro atoms. The summed E-state index contributed by atoms with van der Waals surface area (Å²) >= 11 is 0. The van der Waals surface area contributed by atoms with E-state index in [1.807, 2.05) is 30.3 Å². The molecule has 1 aromatic heterocycles. The first kappa shape index (κ1) is 14.8. The summed E-state index contributed by atoms with van der Waals surface area (Å²) < 4.78 is 4.92. The van der Waals surface area contributed by atoms with Crippen molar-refractivity contribution in [3.63, 3.8) is 0 Å². The van der Waals surface area contributed by atoms with Crippen LogP contribution in [0.1, 0.15) is 22.8 Å².